The first kappa shape index (κ1) is 14.7. The average molecular weight is 291 g/mol. The largest absolute Gasteiger partial charge is 0.366 e. The van der Waals surface area contributed by atoms with E-state index in [0.717, 1.165) is 6.54 Å². The number of carbonyl (C=O) groups excluding carboxylic acids is 1. The van der Waals surface area contributed by atoms with Gasteiger partial charge in [-0.3, -0.25) is 4.79 Å². The molecule has 0 spiro atoms. The molecule has 2 aliphatic heterocycles. The minimum absolute atomic E-state index is 0.0380. The molecule has 0 aromatic heterocycles. The Hall–Kier alpha value is -0.700. The molecule has 2 N–H and O–H groups in total. The van der Waals surface area contributed by atoms with Gasteiger partial charge in [0.2, 0.25) is 10.0 Å². The fraction of sp³-hybridized carbons (Fsp3) is 0.909. The first-order valence-electron chi connectivity index (χ1n) is 6.54. The standard InChI is InChI=1S/C11H21N3O4S/c1-19(16,17)14-5-2-9(3-6-14)13-11(15)10-8-12-4-7-18-10/h9-10,12H,2-8H2,1H3,(H,13,15). The fourth-order valence-electron chi connectivity index (χ4n) is 2.36. The van der Waals surface area contributed by atoms with Gasteiger partial charge in [-0.1, -0.05) is 0 Å². The van der Waals surface area contributed by atoms with Crippen molar-refractivity contribution in [1.82, 2.24) is 14.9 Å². The summed E-state index contributed by atoms with van der Waals surface area (Å²) in [6, 6.07) is 0.0380. The van der Waals surface area contributed by atoms with E-state index in [1.54, 1.807) is 0 Å². The highest BCUT2D eigenvalue weighted by atomic mass is 32.2. The number of carbonyl (C=O) groups is 1. The molecule has 2 fully saturated rings. The van der Waals surface area contributed by atoms with Crippen molar-refractivity contribution in [2.45, 2.75) is 25.0 Å². The molecule has 1 amide bonds. The second-order valence-corrected chi connectivity index (χ2v) is 6.99. The summed E-state index contributed by atoms with van der Waals surface area (Å²) < 4.78 is 29.6. The maximum absolute atomic E-state index is 11.9. The average Bonchev–Trinajstić information content (AvgIpc) is 2.39. The van der Waals surface area contributed by atoms with Gasteiger partial charge in [-0.15, -0.1) is 0 Å². The molecule has 2 rings (SSSR count). The molecule has 0 aliphatic carbocycles. The molecule has 0 saturated carbocycles. The lowest BCUT2D eigenvalue weighted by atomic mass is 10.1. The zero-order valence-corrected chi connectivity index (χ0v) is 11.9. The van der Waals surface area contributed by atoms with Crippen molar-refractivity contribution in [3.63, 3.8) is 0 Å². The van der Waals surface area contributed by atoms with Crippen LogP contribution in [0.5, 0.6) is 0 Å². The Labute approximate surface area is 113 Å². The van der Waals surface area contributed by atoms with E-state index in [9.17, 15) is 13.2 Å². The van der Waals surface area contributed by atoms with E-state index in [0.29, 0.717) is 39.1 Å². The summed E-state index contributed by atoms with van der Waals surface area (Å²) in [6.07, 6.45) is 2.09. The molecule has 110 valence electrons. The van der Waals surface area contributed by atoms with Gasteiger partial charge in [0.25, 0.3) is 5.91 Å². The SMILES string of the molecule is CS(=O)(=O)N1CCC(NC(=O)C2CNCCO2)CC1. The van der Waals surface area contributed by atoms with Crippen LogP contribution in [0.1, 0.15) is 12.8 Å². The van der Waals surface area contributed by atoms with Gasteiger partial charge in [0.15, 0.2) is 0 Å². The third-order valence-corrected chi connectivity index (χ3v) is 4.79. The zero-order valence-electron chi connectivity index (χ0n) is 11.1. The summed E-state index contributed by atoms with van der Waals surface area (Å²) in [5.74, 6) is -0.106. The molecule has 2 saturated heterocycles. The molecular weight excluding hydrogens is 270 g/mol. The predicted molar refractivity (Wildman–Crippen MR) is 70.2 cm³/mol. The van der Waals surface area contributed by atoms with Gasteiger partial charge in [0.1, 0.15) is 6.10 Å². The highest BCUT2D eigenvalue weighted by Crippen LogP contribution is 2.13. The monoisotopic (exact) mass is 291 g/mol. The summed E-state index contributed by atoms with van der Waals surface area (Å²) >= 11 is 0. The molecule has 1 unspecified atom stereocenters. The molecule has 2 aliphatic rings. The van der Waals surface area contributed by atoms with Gasteiger partial charge in [-0.2, -0.15) is 0 Å². The van der Waals surface area contributed by atoms with Gasteiger partial charge in [-0.25, -0.2) is 12.7 Å². The van der Waals surface area contributed by atoms with Gasteiger partial charge in [-0.05, 0) is 12.8 Å². The summed E-state index contributed by atoms with van der Waals surface area (Å²) in [5.41, 5.74) is 0. The Morgan fingerprint density at radius 3 is 2.58 bits per heavy atom. The van der Waals surface area contributed by atoms with Crippen LogP contribution in [0.3, 0.4) is 0 Å². The number of amides is 1. The summed E-state index contributed by atoms with van der Waals surface area (Å²) in [5, 5.41) is 6.04. The number of nitrogens with zero attached hydrogens (tertiary/aromatic N) is 1. The Bertz CT molecular complexity index is 412. The number of morpholine rings is 1. The number of piperidine rings is 1. The van der Waals surface area contributed by atoms with Crippen LogP contribution in [-0.2, 0) is 19.6 Å². The first-order valence-corrected chi connectivity index (χ1v) is 8.39. The highest BCUT2D eigenvalue weighted by molar-refractivity contribution is 7.88. The van der Waals surface area contributed by atoms with Crippen LogP contribution in [0.2, 0.25) is 0 Å². The predicted octanol–water partition coefficient (Wildman–Crippen LogP) is -1.48. The van der Waals surface area contributed by atoms with Crippen LogP contribution >= 0.6 is 0 Å². The fourth-order valence-corrected chi connectivity index (χ4v) is 3.23. The Morgan fingerprint density at radius 2 is 2.05 bits per heavy atom. The Kier molecular flexibility index (Phi) is 4.77. The van der Waals surface area contributed by atoms with Gasteiger partial charge < -0.3 is 15.4 Å². The van der Waals surface area contributed by atoms with E-state index in [-0.39, 0.29) is 11.9 Å². The summed E-state index contributed by atoms with van der Waals surface area (Å²) in [6.45, 7) is 2.79. The Balaban J connectivity index is 1.77. The quantitative estimate of drug-likeness (QED) is 0.662. The van der Waals surface area contributed by atoms with Crippen LogP contribution in [-0.4, -0.2) is 69.8 Å². The maximum Gasteiger partial charge on any atom is 0.250 e. The lowest BCUT2D eigenvalue weighted by Crippen LogP contribution is -2.52. The third-order valence-electron chi connectivity index (χ3n) is 3.49. The number of ether oxygens (including phenoxy) is 1. The van der Waals surface area contributed by atoms with Crippen molar-refractivity contribution in [2.75, 3.05) is 39.0 Å². The summed E-state index contributed by atoms with van der Waals surface area (Å²) in [4.78, 5) is 11.9. The van der Waals surface area contributed by atoms with Crippen molar-refractivity contribution in [1.29, 1.82) is 0 Å². The van der Waals surface area contributed by atoms with Crippen LogP contribution in [0, 0.1) is 0 Å². The topological polar surface area (TPSA) is 87.7 Å². The molecule has 19 heavy (non-hydrogen) atoms. The van der Waals surface area contributed by atoms with Crippen molar-refractivity contribution in [3.05, 3.63) is 0 Å². The van der Waals surface area contributed by atoms with Crippen molar-refractivity contribution in [3.8, 4) is 0 Å². The molecule has 2 heterocycles. The third kappa shape index (κ3) is 4.13. The molecule has 0 aromatic rings. The zero-order chi connectivity index (χ0) is 13.9. The molecule has 1 atom stereocenters. The normalized spacial score (nSPS) is 27.1. The van der Waals surface area contributed by atoms with Crippen LogP contribution in [0.15, 0.2) is 0 Å². The second-order valence-electron chi connectivity index (χ2n) is 5.01. The van der Waals surface area contributed by atoms with E-state index in [1.165, 1.54) is 10.6 Å². The molecule has 0 radical (unpaired) electrons. The van der Waals surface area contributed by atoms with Gasteiger partial charge in [0.05, 0.1) is 12.9 Å². The van der Waals surface area contributed by atoms with Gasteiger partial charge in [0, 0.05) is 32.2 Å². The lowest BCUT2D eigenvalue weighted by molar-refractivity contribution is -0.135. The van der Waals surface area contributed by atoms with Crippen molar-refractivity contribution >= 4 is 15.9 Å². The second kappa shape index (κ2) is 6.17. The van der Waals surface area contributed by atoms with E-state index in [4.69, 9.17) is 4.74 Å². The molecule has 0 bridgehead atoms. The molecule has 8 heteroatoms. The summed E-state index contributed by atoms with van der Waals surface area (Å²) in [7, 11) is -3.11. The maximum atomic E-state index is 11.9. The smallest absolute Gasteiger partial charge is 0.250 e. The minimum Gasteiger partial charge on any atom is -0.366 e. The number of hydrogen-bond donors (Lipinski definition) is 2. The highest BCUT2D eigenvalue weighted by Gasteiger charge is 2.28. The van der Waals surface area contributed by atoms with Crippen LogP contribution in [0.4, 0.5) is 0 Å². The number of hydrogen-bond acceptors (Lipinski definition) is 5. The van der Waals surface area contributed by atoms with Crippen LogP contribution < -0.4 is 10.6 Å². The first-order chi connectivity index (χ1) is 8.97. The minimum atomic E-state index is -3.11. The van der Waals surface area contributed by atoms with E-state index < -0.39 is 16.1 Å². The lowest BCUT2D eigenvalue weighted by Gasteiger charge is -2.32. The number of rotatable bonds is 3. The van der Waals surface area contributed by atoms with Crippen molar-refractivity contribution in [2.24, 2.45) is 0 Å². The number of sulfonamides is 1. The number of nitrogens with one attached hydrogen (secondary N) is 2. The molecule has 7 nitrogen and oxygen atoms in total. The van der Waals surface area contributed by atoms with Crippen LogP contribution in [0.25, 0.3) is 0 Å². The molecular formula is C11H21N3O4S. The van der Waals surface area contributed by atoms with Crippen molar-refractivity contribution < 1.29 is 17.9 Å². The van der Waals surface area contributed by atoms with E-state index in [1.807, 2.05) is 0 Å². The van der Waals surface area contributed by atoms with E-state index >= 15 is 0 Å². The Morgan fingerprint density at radius 1 is 1.37 bits per heavy atom. The van der Waals surface area contributed by atoms with E-state index in [2.05, 4.69) is 10.6 Å². The van der Waals surface area contributed by atoms with Gasteiger partial charge >= 0.3 is 0 Å². The molecule has 0 aromatic carbocycles.